The molecule has 0 aromatic heterocycles. The number of fused-ring (bicyclic) bond motifs is 1. The molecule has 1 unspecified atom stereocenters. The smallest absolute Gasteiger partial charge is 0.209 e. The van der Waals surface area contributed by atoms with Gasteiger partial charge in [-0.3, -0.25) is 0 Å². The van der Waals surface area contributed by atoms with Crippen LogP contribution < -0.4 is 5.59 Å². The Kier molecular flexibility index (Phi) is 0.784. The second kappa shape index (κ2) is 1.45. The summed E-state index contributed by atoms with van der Waals surface area (Å²) in [5, 5.41) is 0. The number of hydrogen-bond donors (Lipinski definition) is 1. The van der Waals surface area contributed by atoms with Gasteiger partial charge in [0.2, 0.25) is 6.04 Å². The van der Waals surface area contributed by atoms with Crippen LogP contribution in [0.4, 0.5) is 0 Å². The van der Waals surface area contributed by atoms with Gasteiger partial charge in [-0.05, 0) is 0 Å². The van der Waals surface area contributed by atoms with Crippen molar-refractivity contribution in [1.82, 2.24) is 5.59 Å². The van der Waals surface area contributed by atoms with Crippen LogP contribution in [0.2, 0.25) is 0 Å². The van der Waals surface area contributed by atoms with Gasteiger partial charge < -0.3 is 0 Å². The maximum atomic E-state index is 4.96. The largest absolute Gasteiger partial charge is 0.221 e. The van der Waals surface area contributed by atoms with E-state index in [-0.39, 0.29) is 0 Å². The van der Waals surface area contributed by atoms with E-state index in [0.717, 1.165) is 6.61 Å². The molecule has 3 heteroatoms. The Hall–Kier alpha value is -0.570. The third-order valence-electron chi connectivity index (χ3n) is 1.66. The fourth-order valence-corrected chi connectivity index (χ4v) is 1.18. The third-order valence-corrected chi connectivity index (χ3v) is 1.66. The van der Waals surface area contributed by atoms with Crippen molar-refractivity contribution < 1.29 is 9.52 Å². The van der Waals surface area contributed by atoms with Crippen molar-refractivity contribution in [3.63, 3.8) is 0 Å². The van der Waals surface area contributed by atoms with Crippen LogP contribution in [0.15, 0.2) is 0 Å². The van der Waals surface area contributed by atoms with E-state index in [2.05, 4.69) is 11.8 Å². The number of hydrazone groups is 1. The van der Waals surface area contributed by atoms with Crippen molar-refractivity contribution in [2.45, 2.75) is 18.9 Å². The summed E-state index contributed by atoms with van der Waals surface area (Å²) in [6, 6.07) is 0.620. The molecule has 0 aromatic rings. The molecule has 0 spiro atoms. The van der Waals surface area contributed by atoms with Gasteiger partial charge in [0.15, 0.2) is 6.21 Å². The Morgan fingerprint density at radius 3 is 3.62 bits per heavy atom. The minimum atomic E-state index is 0.620. The molecule has 44 valence electrons. The molecule has 8 heavy (non-hydrogen) atoms. The highest BCUT2D eigenvalue weighted by molar-refractivity contribution is 5.52. The highest BCUT2D eigenvalue weighted by Gasteiger charge is 2.32. The molecule has 2 rings (SSSR count). The number of hydrazine groups is 1. The molecule has 1 saturated heterocycles. The minimum Gasteiger partial charge on any atom is -0.221 e. The van der Waals surface area contributed by atoms with Crippen molar-refractivity contribution in [1.29, 1.82) is 0 Å². The number of nitrogens with zero attached hydrogens (tertiary/aromatic N) is 1. The van der Waals surface area contributed by atoms with Gasteiger partial charge in [0.1, 0.15) is 6.61 Å². The van der Waals surface area contributed by atoms with E-state index in [1.54, 1.807) is 0 Å². The standard InChI is InChI=1S/C5H9N2O/c1-2-5-4-8-6-7(5)3-1/h3,5-6H,1-2,4H2/q+1. The quantitative estimate of drug-likeness (QED) is 0.435. The molecule has 0 aromatic carbocycles. The molecule has 0 saturated carbocycles. The molecule has 1 atom stereocenters. The van der Waals surface area contributed by atoms with Gasteiger partial charge in [-0.25, -0.2) is 4.84 Å². The van der Waals surface area contributed by atoms with Crippen molar-refractivity contribution >= 4 is 6.21 Å². The highest BCUT2D eigenvalue weighted by atomic mass is 16.7. The summed E-state index contributed by atoms with van der Waals surface area (Å²) in [7, 11) is 0. The monoisotopic (exact) mass is 113 g/mol. The summed E-state index contributed by atoms with van der Waals surface area (Å²) in [5.41, 5.74) is 2.80. The molecule has 2 aliphatic rings. The van der Waals surface area contributed by atoms with Crippen molar-refractivity contribution in [3.05, 3.63) is 0 Å². The lowest BCUT2D eigenvalue weighted by atomic mass is 10.2. The predicted octanol–water partition coefficient (Wildman–Crippen LogP) is -0.318. The second-order valence-electron chi connectivity index (χ2n) is 2.22. The predicted molar refractivity (Wildman–Crippen MR) is 28.4 cm³/mol. The minimum absolute atomic E-state index is 0.620. The van der Waals surface area contributed by atoms with Gasteiger partial charge in [-0.1, -0.05) is 10.3 Å². The molecule has 1 fully saturated rings. The van der Waals surface area contributed by atoms with Crippen LogP contribution in [0.1, 0.15) is 12.8 Å². The van der Waals surface area contributed by atoms with Gasteiger partial charge in [-0.15, -0.1) is 0 Å². The molecule has 2 aliphatic heterocycles. The van der Waals surface area contributed by atoms with Gasteiger partial charge in [-0.2, -0.15) is 0 Å². The van der Waals surface area contributed by atoms with E-state index >= 15 is 0 Å². The molecule has 1 N–H and O–H groups in total. The van der Waals surface area contributed by atoms with Crippen LogP contribution in [0.5, 0.6) is 0 Å². The summed E-state index contributed by atoms with van der Waals surface area (Å²) in [6.45, 7) is 0.844. The first-order chi connectivity index (χ1) is 3.97. The number of rotatable bonds is 0. The van der Waals surface area contributed by atoms with Crippen LogP contribution in [-0.2, 0) is 4.84 Å². The van der Waals surface area contributed by atoms with Gasteiger partial charge in [0.25, 0.3) is 0 Å². The van der Waals surface area contributed by atoms with Crippen LogP contribution in [-0.4, -0.2) is 23.5 Å². The highest BCUT2D eigenvalue weighted by Crippen LogP contribution is 2.10. The maximum Gasteiger partial charge on any atom is 0.209 e. The molecular weight excluding hydrogens is 104 g/mol. The Morgan fingerprint density at radius 2 is 2.75 bits per heavy atom. The lowest BCUT2D eigenvalue weighted by Gasteiger charge is -1.87. The number of hydrogen-bond acceptors (Lipinski definition) is 2. The summed E-state index contributed by atoms with van der Waals surface area (Å²) < 4.78 is 2.04. The third kappa shape index (κ3) is 0.448. The zero-order valence-corrected chi connectivity index (χ0v) is 4.63. The van der Waals surface area contributed by atoms with Crippen molar-refractivity contribution in [3.8, 4) is 0 Å². The first kappa shape index (κ1) is 4.32. The summed E-state index contributed by atoms with van der Waals surface area (Å²) >= 11 is 0. The Bertz CT molecular complexity index is 132. The first-order valence-electron chi connectivity index (χ1n) is 2.96. The van der Waals surface area contributed by atoms with E-state index in [0.29, 0.717) is 6.04 Å². The van der Waals surface area contributed by atoms with Crippen LogP contribution >= 0.6 is 0 Å². The van der Waals surface area contributed by atoms with Crippen LogP contribution in [0.25, 0.3) is 0 Å². The van der Waals surface area contributed by atoms with Crippen LogP contribution in [0, 0.1) is 0 Å². The van der Waals surface area contributed by atoms with Crippen LogP contribution in [0.3, 0.4) is 0 Å². The lowest BCUT2D eigenvalue weighted by Crippen LogP contribution is -2.22. The van der Waals surface area contributed by atoms with E-state index in [1.807, 2.05) is 4.68 Å². The SMILES string of the molecule is C1=[N+]2NOCC2CC1. The molecule has 3 nitrogen and oxygen atoms in total. The van der Waals surface area contributed by atoms with E-state index in [4.69, 9.17) is 4.84 Å². The molecule has 0 amide bonds. The molecule has 0 radical (unpaired) electrons. The van der Waals surface area contributed by atoms with Crippen molar-refractivity contribution in [2.24, 2.45) is 0 Å². The van der Waals surface area contributed by atoms with Crippen molar-refractivity contribution in [2.75, 3.05) is 6.61 Å². The molecular formula is C5H9N2O+. The normalized spacial score (nSPS) is 34.0. The van der Waals surface area contributed by atoms with Gasteiger partial charge in [0, 0.05) is 12.8 Å². The fraction of sp³-hybridized carbons (Fsp3) is 0.800. The summed E-state index contributed by atoms with van der Waals surface area (Å²) in [4.78, 5) is 4.96. The Labute approximate surface area is 47.9 Å². The van der Waals surface area contributed by atoms with Gasteiger partial charge in [0.05, 0.1) is 0 Å². The zero-order valence-electron chi connectivity index (χ0n) is 4.63. The zero-order chi connectivity index (χ0) is 5.40. The molecule has 2 heterocycles. The lowest BCUT2D eigenvalue weighted by molar-refractivity contribution is -0.615. The molecule has 0 bridgehead atoms. The van der Waals surface area contributed by atoms with E-state index in [1.165, 1.54) is 12.8 Å². The molecule has 0 aliphatic carbocycles. The Balaban J connectivity index is 2.20. The number of nitrogens with one attached hydrogen (secondary N) is 1. The fourth-order valence-electron chi connectivity index (χ4n) is 1.18. The van der Waals surface area contributed by atoms with E-state index < -0.39 is 0 Å². The summed E-state index contributed by atoms with van der Waals surface area (Å²) in [5.74, 6) is 0. The van der Waals surface area contributed by atoms with Gasteiger partial charge >= 0.3 is 0 Å². The average molecular weight is 113 g/mol. The maximum absolute atomic E-state index is 4.96. The first-order valence-corrected chi connectivity index (χ1v) is 2.96. The average Bonchev–Trinajstić information content (AvgIpc) is 2.15. The second-order valence-corrected chi connectivity index (χ2v) is 2.22. The topological polar surface area (TPSA) is 24.3 Å². The van der Waals surface area contributed by atoms with E-state index in [9.17, 15) is 0 Å². The Morgan fingerprint density at radius 1 is 1.75 bits per heavy atom. The summed E-state index contributed by atoms with van der Waals surface area (Å²) in [6.07, 6.45) is 4.58.